The third-order valence-electron chi connectivity index (χ3n) is 2.67. The molecule has 0 unspecified atom stereocenters. The lowest BCUT2D eigenvalue weighted by molar-refractivity contribution is 0.0696. The maximum Gasteiger partial charge on any atom is 0.337 e. The molecule has 1 N–H and O–H groups in total. The summed E-state index contributed by atoms with van der Waals surface area (Å²) in [5.74, 6) is -0.313. The first kappa shape index (κ1) is 11.2. The summed E-state index contributed by atoms with van der Waals surface area (Å²) < 4.78 is 0. The number of aromatic nitrogens is 1. The van der Waals surface area contributed by atoms with Gasteiger partial charge < -0.3 is 10.0 Å². The average Bonchev–Trinajstić information content (AvgIpc) is 3.05. The molecule has 1 saturated carbocycles. The minimum Gasteiger partial charge on any atom is -0.478 e. The van der Waals surface area contributed by atoms with E-state index < -0.39 is 5.97 Å². The molecule has 2 rings (SSSR count). The minimum atomic E-state index is -1.00. The summed E-state index contributed by atoms with van der Waals surface area (Å²) in [6.45, 7) is 2.88. The van der Waals surface area contributed by atoms with Crippen molar-refractivity contribution in [3.8, 4) is 0 Å². The second kappa shape index (κ2) is 4.29. The summed E-state index contributed by atoms with van der Waals surface area (Å²) in [6, 6.07) is 1.97. The van der Waals surface area contributed by atoms with E-state index >= 15 is 0 Å². The number of carboxylic acids is 1. The average molecular weight is 241 g/mol. The van der Waals surface area contributed by atoms with Crippen molar-refractivity contribution >= 4 is 23.4 Å². The van der Waals surface area contributed by atoms with E-state index in [2.05, 4.69) is 9.88 Å². The Kier molecular flexibility index (Phi) is 3.01. The highest BCUT2D eigenvalue weighted by Crippen LogP contribution is 2.34. The molecule has 0 amide bonds. The standard InChI is InChI=1S/C11H13ClN2O2/c1-2-14(8-3-4-8)10-9(12)5-7(6-13-10)11(15)16/h5-6,8H,2-4H2,1H3,(H,15,16). The van der Waals surface area contributed by atoms with E-state index in [0.29, 0.717) is 16.9 Å². The second-order valence-corrected chi connectivity index (χ2v) is 4.26. The van der Waals surface area contributed by atoms with E-state index in [1.807, 2.05) is 6.92 Å². The number of hydrogen-bond donors (Lipinski definition) is 1. The third-order valence-corrected chi connectivity index (χ3v) is 2.95. The van der Waals surface area contributed by atoms with Crippen molar-refractivity contribution in [2.45, 2.75) is 25.8 Å². The lowest BCUT2D eigenvalue weighted by Crippen LogP contribution is -2.26. The molecule has 86 valence electrons. The predicted molar refractivity (Wildman–Crippen MR) is 62.2 cm³/mol. The van der Waals surface area contributed by atoms with E-state index in [-0.39, 0.29) is 5.56 Å². The summed E-state index contributed by atoms with van der Waals surface area (Å²) >= 11 is 6.05. The molecule has 1 aromatic heterocycles. The van der Waals surface area contributed by atoms with Crippen LogP contribution in [0.3, 0.4) is 0 Å². The summed E-state index contributed by atoms with van der Waals surface area (Å²) in [7, 11) is 0. The van der Waals surface area contributed by atoms with E-state index in [1.54, 1.807) is 0 Å². The molecule has 0 saturated heterocycles. The number of halogens is 1. The van der Waals surface area contributed by atoms with Crippen molar-refractivity contribution in [2.75, 3.05) is 11.4 Å². The van der Waals surface area contributed by atoms with Gasteiger partial charge in [-0.05, 0) is 25.8 Å². The molecule has 1 heterocycles. The van der Waals surface area contributed by atoms with E-state index in [9.17, 15) is 4.79 Å². The van der Waals surface area contributed by atoms with Crippen LogP contribution < -0.4 is 4.90 Å². The fraction of sp³-hybridized carbons (Fsp3) is 0.455. The van der Waals surface area contributed by atoms with Crippen LogP contribution in [-0.4, -0.2) is 28.6 Å². The fourth-order valence-electron chi connectivity index (χ4n) is 1.73. The first-order valence-corrected chi connectivity index (χ1v) is 5.66. The Morgan fingerprint density at radius 2 is 2.38 bits per heavy atom. The normalized spacial score (nSPS) is 14.9. The molecule has 4 nitrogen and oxygen atoms in total. The zero-order valence-corrected chi connectivity index (χ0v) is 9.74. The quantitative estimate of drug-likeness (QED) is 0.878. The number of hydrogen-bond acceptors (Lipinski definition) is 3. The molecule has 5 heteroatoms. The van der Waals surface area contributed by atoms with Crippen molar-refractivity contribution < 1.29 is 9.90 Å². The van der Waals surface area contributed by atoms with E-state index in [0.717, 1.165) is 19.4 Å². The van der Waals surface area contributed by atoms with Crippen molar-refractivity contribution in [3.63, 3.8) is 0 Å². The Balaban J connectivity index is 2.30. The van der Waals surface area contributed by atoms with Gasteiger partial charge in [-0.3, -0.25) is 0 Å². The molecule has 0 atom stereocenters. The number of anilines is 1. The predicted octanol–water partition coefficient (Wildman–Crippen LogP) is 2.42. The molecule has 1 aliphatic rings. The van der Waals surface area contributed by atoms with Crippen LogP contribution >= 0.6 is 11.6 Å². The van der Waals surface area contributed by atoms with Gasteiger partial charge >= 0.3 is 5.97 Å². The number of carbonyl (C=O) groups is 1. The topological polar surface area (TPSA) is 53.4 Å². The van der Waals surface area contributed by atoms with Gasteiger partial charge in [0.1, 0.15) is 5.82 Å². The molecule has 1 aromatic rings. The van der Waals surface area contributed by atoms with Gasteiger partial charge in [-0.2, -0.15) is 0 Å². The maximum absolute atomic E-state index is 10.7. The largest absolute Gasteiger partial charge is 0.478 e. The molecule has 16 heavy (non-hydrogen) atoms. The van der Waals surface area contributed by atoms with Gasteiger partial charge in [-0.15, -0.1) is 0 Å². The Labute approximate surface area is 98.9 Å². The molecule has 0 aromatic carbocycles. The van der Waals surface area contributed by atoms with Crippen LogP contribution in [0.2, 0.25) is 5.02 Å². The second-order valence-electron chi connectivity index (χ2n) is 3.85. The first-order chi connectivity index (χ1) is 7.63. The van der Waals surface area contributed by atoms with Crippen LogP contribution in [0.15, 0.2) is 12.3 Å². The van der Waals surface area contributed by atoms with Crippen LogP contribution in [-0.2, 0) is 0 Å². The first-order valence-electron chi connectivity index (χ1n) is 5.29. The molecule has 1 fully saturated rings. The van der Waals surface area contributed by atoms with Gasteiger partial charge in [-0.1, -0.05) is 11.6 Å². The Morgan fingerprint density at radius 1 is 1.69 bits per heavy atom. The molecular formula is C11H13ClN2O2. The van der Waals surface area contributed by atoms with Crippen LogP contribution in [0.1, 0.15) is 30.1 Å². The van der Waals surface area contributed by atoms with Gasteiger partial charge in [0, 0.05) is 18.8 Å². The third kappa shape index (κ3) is 2.11. The highest BCUT2D eigenvalue weighted by Gasteiger charge is 2.30. The molecule has 0 aliphatic heterocycles. The summed E-state index contributed by atoms with van der Waals surface area (Å²) in [5, 5.41) is 9.22. The van der Waals surface area contributed by atoms with Crippen molar-refractivity contribution in [2.24, 2.45) is 0 Å². The lowest BCUT2D eigenvalue weighted by Gasteiger charge is -2.22. The number of aromatic carboxylic acids is 1. The van der Waals surface area contributed by atoms with Gasteiger partial charge in [0.15, 0.2) is 0 Å². The molecule has 0 spiro atoms. The highest BCUT2D eigenvalue weighted by molar-refractivity contribution is 6.33. The summed E-state index contributed by atoms with van der Waals surface area (Å²) in [6.07, 6.45) is 3.67. The number of pyridine rings is 1. The monoisotopic (exact) mass is 240 g/mol. The van der Waals surface area contributed by atoms with Gasteiger partial charge in [0.25, 0.3) is 0 Å². The van der Waals surface area contributed by atoms with Crippen LogP contribution in [0.25, 0.3) is 0 Å². The Morgan fingerprint density at radius 3 is 2.81 bits per heavy atom. The fourth-order valence-corrected chi connectivity index (χ4v) is 2.00. The van der Waals surface area contributed by atoms with Crippen LogP contribution in [0.4, 0.5) is 5.82 Å². The maximum atomic E-state index is 10.7. The molecule has 0 bridgehead atoms. The minimum absolute atomic E-state index is 0.126. The lowest BCUT2D eigenvalue weighted by atomic mass is 10.3. The van der Waals surface area contributed by atoms with Crippen molar-refractivity contribution in [1.29, 1.82) is 0 Å². The Hall–Kier alpha value is -1.29. The van der Waals surface area contributed by atoms with Crippen LogP contribution in [0, 0.1) is 0 Å². The van der Waals surface area contributed by atoms with E-state index in [1.165, 1.54) is 12.3 Å². The van der Waals surface area contributed by atoms with Crippen LogP contribution in [0.5, 0.6) is 0 Å². The number of carboxylic acid groups (broad SMARTS) is 1. The van der Waals surface area contributed by atoms with Gasteiger partial charge in [-0.25, -0.2) is 9.78 Å². The van der Waals surface area contributed by atoms with Crippen molar-refractivity contribution in [3.05, 3.63) is 22.8 Å². The summed E-state index contributed by atoms with van der Waals surface area (Å²) in [4.78, 5) is 17.0. The highest BCUT2D eigenvalue weighted by atomic mass is 35.5. The van der Waals surface area contributed by atoms with E-state index in [4.69, 9.17) is 16.7 Å². The smallest absolute Gasteiger partial charge is 0.337 e. The number of rotatable bonds is 4. The molecule has 0 radical (unpaired) electrons. The molecule has 1 aliphatic carbocycles. The number of nitrogens with zero attached hydrogens (tertiary/aromatic N) is 2. The van der Waals surface area contributed by atoms with Crippen molar-refractivity contribution in [1.82, 2.24) is 4.98 Å². The van der Waals surface area contributed by atoms with Gasteiger partial charge in [0.2, 0.25) is 0 Å². The summed E-state index contributed by atoms with van der Waals surface area (Å²) in [5.41, 5.74) is 0.126. The SMILES string of the molecule is CCN(c1ncc(C(=O)O)cc1Cl)C1CC1. The van der Waals surface area contributed by atoms with Gasteiger partial charge in [0.05, 0.1) is 10.6 Å². The molecular weight excluding hydrogens is 228 g/mol. The zero-order chi connectivity index (χ0) is 11.7. The Bertz CT molecular complexity index is 418. The zero-order valence-electron chi connectivity index (χ0n) is 8.98.